The van der Waals surface area contributed by atoms with E-state index in [9.17, 15) is 13.2 Å². The molecular weight excluding hydrogens is 402 g/mol. The highest BCUT2D eigenvalue weighted by molar-refractivity contribution is 7.91. The van der Waals surface area contributed by atoms with Crippen LogP contribution >= 0.6 is 11.6 Å². The molecule has 0 unspecified atom stereocenters. The summed E-state index contributed by atoms with van der Waals surface area (Å²) in [5.41, 5.74) is 1.13. The molecule has 0 saturated carbocycles. The van der Waals surface area contributed by atoms with Crippen molar-refractivity contribution in [3.05, 3.63) is 53.1 Å². The average Bonchev–Trinajstić information content (AvgIpc) is 2.88. The Morgan fingerprint density at radius 1 is 1.14 bits per heavy atom. The molecule has 8 heteroatoms. The molecule has 2 aromatic rings. The van der Waals surface area contributed by atoms with Crippen LogP contribution in [-0.2, 0) is 20.4 Å². The maximum absolute atomic E-state index is 12.6. The molecule has 0 fully saturated rings. The third-order valence-corrected chi connectivity index (χ3v) is 6.02. The Hall–Kier alpha value is -2.25. The van der Waals surface area contributed by atoms with E-state index < -0.39 is 21.5 Å². The molecule has 0 radical (unpaired) electrons. The molecule has 0 bridgehead atoms. The zero-order chi connectivity index (χ0) is 20.1. The number of nitrogens with zero attached hydrogens (tertiary/aromatic N) is 1. The van der Waals surface area contributed by atoms with Gasteiger partial charge in [0, 0.05) is 18.7 Å². The van der Waals surface area contributed by atoms with E-state index in [2.05, 4.69) is 0 Å². The minimum absolute atomic E-state index is 0.301. The van der Waals surface area contributed by atoms with Crippen LogP contribution in [0.3, 0.4) is 0 Å². The standard InChI is InChI=1S/C20H22ClNO5S/c1-2-22(16-7-4-3-5-8-16)19(23)14-28(24,25)13-15-11-17(21)20-18(12-15)26-9-6-10-27-20/h3-5,7-8,11-12H,2,6,9-10,13-14H2,1H3. The molecule has 28 heavy (non-hydrogen) atoms. The lowest BCUT2D eigenvalue weighted by Gasteiger charge is -2.21. The van der Waals surface area contributed by atoms with Crippen molar-refractivity contribution in [3.63, 3.8) is 0 Å². The van der Waals surface area contributed by atoms with Crippen molar-refractivity contribution < 1.29 is 22.7 Å². The number of amides is 1. The van der Waals surface area contributed by atoms with Gasteiger partial charge in [-0.05, 0) is 36.8 Å². The quantitative estimate of drug-likeness (QED) is 0.711. The Morgan fingerprint density at radius 3 is 2.57 bits per heavy atom. The van der Waals surface area contributed by atoms with Crippen LogP contribution in [0.5, 0.6) is 11.5 Å². The van der Waals surface area contributed by atoms with Gasteiger partial charge in [-0.15, -0.1) is 0 Å². The number of hydrogen-bond donors (Lipinski definition) is 0. The molecule has 1 heterocycles. The molecule has 0 aromatic heterocycles. The predicted octanol–water partition coefficient (Wildman–Crippen LogP) is 3.47. The van der Waals surface area contributed by atoms with E-state index in [1.807, 2.05) is 6.07 Å². The number of anilines is 1. The molecule has 0 atom stereocenters. The van der Waals surface area contributed by atoms with Crippen molar-refractivity contribution in [3.8, 4) is 11.5 Å². The molecule has 3 rings (SSSR count). The minimum atomic E-state index is -3.70. The van der Waals surface area contributed by atoms with Crippen LogP contribution in [0.1, 0.15) is 18.9 Å². The fraction of sp³-hybridized carbons (Fsp3) is 0.350. The summed E-state index contributed by atoms with van der Waals surface area (Å²) in [6, 6.07) is 12.2. The third kappa shape index (κ3) is 4.97. The predicted molar refractivity (Wildman–Crippen MR) is 109 cm³/mol. The SMILES string of the molecule is CCN(C(=O)CS(=O)(=O)Cc1cc(Cl)c2c(c1)OCCCO2)c1ccccc1. The van der Waals surface area contributed by atoms with Gasteiger partial charge in [0.25, 0.3) is 0 Å². The number of para-hydroxylation sites is 1. The summed E-state index contributed by atoms with van der Waals surface area (Å²) in [5.74, 6) is -0.490. The Balaban J connectivity index is 1.76. The lowest BCUT2D eigenvalue weighted by atomic mass is 10.2. The number of ether oxygens (including phenoxy) is 2. The fourth-order valence-electron chi connectivity index (χ4n) is 3.05. The summed E-state index contributed by atoms with van der Waals surface area (Å²) in [6.07, 6.45) is 0.722. The van der Waals surface area contributed by atoms with Crippen LogP contribution in [0.15, 0.2) is 42.5 Å². The first-order valence-corrected chi connectivity index (χ1v) is 11.2. The summed E-state index contributed by atoms with van der Waals surface area (Å²) >= 11 is 6.23. The lowest BCUT2D eigenvalue weighted by Crippen LogP contribution is -2.36. The van der Waals surface area contributed by atoms with Crippen LogP contribution in [0, 0.1) is 0 Å². The first-order valence-electron chi connectivity index (χ1n) is 9.03. The van der Waals surface area contributed by atoms with Crippen molar-refractivity contribution >= 4 is 33.0 Å². The number of rotatable bonds is 6. The van der Waals surface area contributed by atoms with E-state index in [0.717, 1.165) is 6.42 Å². The molecule has 0 spiro atoms. The molecule has 0 N–H and O–H groups in total. The number of halogens is 1. The zero-order valence-corrected chi connectivity index (χ0v) is 17.1. The number of carbonyl (C=O) groups is 1. The monoisotopic (exact) mass is 423 g/mol. The molecule has 150 valence electrons. The Bertz CT molecular complexity index is 947. The topological polar surface area (TPSA) is 72.9 Å². The fourth-order valence-corrected chi connectivity index (χ4v) is 4.65. The van der Waals surface area contributed by atoms with Crippen LogP contribution in [0.2, 0.25) is 5.02 Å². The van der Waals surface area contributed by atoms with Gasteiger partial charge in [-0.25, -0.2) is 8.42 Å². The van der Waals surface area contributed by atoms with Crippen molar-refractivity contribution in [2.75, 3.05) is 30.4 Å². The highest BCUT2D eigenvalue weighted by Gasteiger charge is 2.24. The number of hydrogen-bond acceptors (Lipinski definition) is 5. The van der Waals surface area contributed by atoms with E-state index in [1.165, 1.54) is 4.90 Å². The molecule has 6 nitrogen and oxygen atoms in total. The Kier molecular flexibility index (Phi) is 6.46. The number of carbonyl (C=O) groups excluding carboxylic acids is 1. The van der Waals surface area contributed by atoms with Gasteiger partial charge in [-0.2, -0.15) is 0 Å². The van der Waals surface area contributed by atoms with Crippen molar-refractivity contribution in [1.82, 2.24) is 0 Å². The summed E-state index contributed by atoms with van der Waals surface area (Å²) < 4.78 is 36.4. The van der Waals surface area contributed by atoms with Crippen molar-refractivity contribution in [2.45, 2.75) is 19.1 Å². The number of fused-ring (bicyclic) bond motifs is 1. The van der Waals surface area contributed by atoms with E-state index in [0.29, 0.717) is 47.5 Å². The third-order valence-electron chi connectivity index (χ3n) is 4.28. The number of sulfone groups is 1. The van der Waals surface area contributed by atoms with Gasteiger partial charge in [0.1, 0.15) is 5.75 Å². The molecule has 1 amide bonds. The molecular formula is C20H22ClNO5S. The number of benzene rings is 2. The second-order valence-electron chi connectivity index (χ2n) is 6.46. The van der Waals surface area contributed by atoms with E-state index in [4.69, 9.17) is 21.1 Å². The molecule has 1 aliphatic rings. The summed E-state index contributed by atoms with van der Waals surface area (Å²) in [6.45, 7) is 3.15. The summed E-state index contributed by atoms with van der Waals surface area (Å²) in [7, 11) is -3.70. The highest BCUT2D eigenvalue weighted by Crippen LogP contribution is 2.38. The summed E-state index contributed by atoms with van der Waals surface area (Å²) in [4.78, 5) is 14.1. The molecule has 2 aromatic carbocycles. The largest absolute Gasteiger partial charge is 0.489 e. The maximum atomic E-state index is 12.6. The van der Waals surface area contributed by atoms with Crippen molar-refractivity contribution in [1.29, 1.82) is 0 Å². The normalized spacial score (nSPS) is 13.6. The first-order chi connectivity index (χ1) is 13.4. The second kappa shape index (κ2) is 8.84. The van der Waals surface area contributed by atoms with Gasteiger partial charge in [-0.3, -0.25) is 4.79 Å². The Morgan fingerprint density at radius 2 is 1.86 bits per heavy atom. The molecule has 1 aliphatic heterocycles. The molecule has 0 aliphatic carbocycles. The van der Waals surface area contributed by atoms with Crippen LogP contribution in [0.4, 0.5) is 5.69 Å². The van der Waals surface area contributed by atoms with Crippen LogP contribution in [-0.4, -0.2) is 39.8 Å². The van der Waals surface area contributed by atoms with Crippen LogP contribution in [0.25, 0.3) is 0 Å². The summed E-state index contributed by atoms with van der Waals surface area (Å²) in [5, 5.41) is 0.301. The van der Waals surface area contributed by atoms with Gasteiger partial charge in [0.2, 0.25) is 5.91 Å². The minimum Gasteiger partial charge on any atom is -0.489 e. The first kappa shape index (κ1) is 20.5. The van der Waals surface area contributed by atoms with E-state index >= 15 is 0 Å². The smallest absolute Gasteiger partial charge is 0.242 e. The zero-order valence-electron chi connectivity index (χ0n) is 15.6. The van der Waals surface area contributed by atoms with Gasteiger partial charge >= 0.3 is 0 Å². The van der Waals surface area contributed by atoms with Gasteiger partial charge in [-0.1, -0.05) is 29.8 Å². The van der Waals surface area contributed by atoms with Gasteiger partial charge in [0.05, 0.1) is 24.0 Å². The molecule has 0 saturated heterocycles. The Labute approximate surface area is 169 Å². The average molecular weight is 424 g/mol. The second-order valence-corrected chi connectivity index (χ2v) is 8.93. The van der Waals surface area contributed by atoms with Gasteiger partial charge in [0.15, 0.2) is 21.3 Å². The van der Waals surface area contributed by atoms with Crippen LogP contribution < -0.4 is 14.4 Å². The van der Waals surface area contributed by atoms with Crippen molar-refractivity contribution in [2.24, 2.45) is 0 Å². The highest BCUT2D eigenvalue weighted by atomic mass is 35.5. The van der Waals surface area contributed by atoms with Gasteiger partial charge < -0.3 is 14.4 Å². The lowest BCUT2D eigenvalue weighted by molar-refractivity contribution is -0.116. The van der Waals surface area contributed by atoms with E-state index in [1.54, 1.807) is 43.3 Å². The maximum Gasteiger partial charge on any atom is 0.242 e. The van der Waals surface area contributed by atoms with E-state index in [-0.39, 0.29) is 5.75 Å².